The third-order valence-corrected chi connectivity index (χ3v) is 7.48. The van der Waals surface area contributed by atoms with Crippen molar-refractivity contribution in [1.29, 1.82) is 0 Å². The van der Waals surface area contributed by atoms with Gasteiger partial charge in [0, 0.05) is 36.4 Å². The van der Waals surface area contributed by atoms with E-state index in [-0.39, 0.29) is 52.7 Å². The molecule has 1 saturated heterocycles. The van der Waals surface area contributed by atoms with Gasteiger partial charge in [-0.05, 0) is 39.7 Å². The molecule has 34 heavy (non-hydrogen) atoms. The summed E-state index contributed by atoms with van der Waals surface area (Å²) in [6, 6.07) is 4.59. The van der Waals surface area contributed by atoms with Gasteiger partial charge in [0.25, 0.3) is 11.8 Å². The maximum atomic E-state index is 14.2. The molecule has 3 aliphatic heterocycles. The minimum Gasteiger partial charge on any atom is -0.503 e. The van der Waals surface area contributed by atoms with Crippen molar-refractivity contribution >= 4 is 23.4 Å². The van der Waals surface area contributed by atoms with Crippen molar-refractivity contribution in [3.8, 4) is 5.75 Å². The third-order valence-electron chi connectivity index (χ3n) is 7.19. The molecule has 1 fully saturated rings. The normalized spacial score (nSPS) is 23.4. The predicted molar refractivity (Wildman–Crippen MR) is 124 cm³/mol. The molecule has 0 spiro atoms. The molecule has 10 heteroatoms. The van der Waals surface area contributed by atoms with E-state index in [1.165, 1.54) is 12.1 Å². The lowest BCUT2D eigenvalue weighted by Crippen LogP contribution is -2.54. The first-order valence-electron chi connectivity index (χ1n) is 11.4. The first-order valence-corrected chi connectivity index (χ1v) is 11.8. The van der Waals surface area contributed by atoms with Crippen LogP contribution in [0, 0.1) is 5.82 Å². The first-order chi connectivity index (χ1) is 16.1. The molecular weight excluding hydrogens is 463 g/mol. The fourth-order valence-corrected chi connectivity index (χ4v) is 6.08. The highest BCUT2D eigenvalue weighted by molar-refractivity contribution is 6.30. The molecule has 2 amide bonds. The molecule has 0 saturated carbocycles. The number of pyridine rings is 1. The molecule has 4 heterocycles. The fraction of sp³-hybridized carbons (Fsp3) is 0.458. The van der Waals surface area contributed by atoms with Gasteiger partial charge in [0.1, 0.15) is 17.5 Å². The van der Waals surface area contributed by atoms with Gasteiger partial charge >= 0.3 is 0 Å². The van der Waals surface area contributed by atoms with E-state index in [0.29, 0.717) is 25.1 Å². The van der Waals surface area contributed by atoms with E-state index in [1.807, 2.05) is 0 Å². The number of aromatic hydroxyl groups is 1. The number of nitrogens with one attached hydrogen (secondary N) is 1. The molecule has 5 rings (SSSR count). The molecule has 2 unspecified atom stereocenters. The molecule has 0 radical (unpaired) electrons. The second-order valence-corrected chi connectivity index (χ2v) is 9.89. The Morgan fingerprint density at radius 2 is 2.06 bits per heavy atom. The zero-order chi connectivity index (χ0) is 24.5. The summed E-state index contributed by atoms with van der Waals surface area (Å²) in [6.45, 7) is 6.54. The van der Waals surface area contributed by atoms with Gasteiger partial charge < -0.3 is 19.9 Å². The largest absolute Gasteiger partial charge is 0.503 e. The van der Waals surface area contributed by atoms with Crippen LogP contribution < -0.4 is 10.7 Å². The quantitative estimate of drug-likeness (QED) is 0.690. The van der Waals surface area contributed by atoms with E-state index >= 15 is 0 Å². The Bertz CT molecular complexity index is 1280. The SMILES string of the molecule is CC(C)N1C2C3CCc4c(C(=O)NCc5cccc(Cl)c5F)c(=O)c(O)c(n43)C(=O)N2C[C@@H]1C. The summed E-state index contributed by atoms with van der Waals surface area (Å²) in [5, 5.41) is 13.3. The monoisotopic (exact) mass is 488 g/mol. The van der Waals surface area contributed by atoms with Crippen molar-refractivity contribution in [1.82, 2.24) is 19.7 Å². The van der Waals surface area contributed by atoms with Crippen molar-refractivity contribution < 1.29 is 19.1 Å². The number of amides is 2. The maximum Gasteiger partial charge on any atom is 0.275 e. The molecule has 180 valence electrons. The lowest BCUT2D eigenvalue weighted by molar-refractivity contribution is 0.0271. The average Bonchev–Trinajstić information content (AvgIpc) is 3.36. The van der Waals surface area contributed by atoms with E-state index in [1.54, 1.807) is 15.5 Å². The third kappa shape index (κ3) is 3.17. The minimum absolute atomic E-state index is 0.0472. The summed E-state index contributed by atoms with van der Waals surface area (Å²) >= 11 is 5.81. The summed E-state index contributed by atoms with van der Waals surface area (Å²) in [5.74, 6) is -2.48. The molecule has 1 aromatic carbocycles. The van der Waals surface area contributed by atoms with Gasteiger partial charge in [0.15, 0.2) is 11.4 Å². The Labute approximate surface area is 200 Å². The fourth-order valence-electron chi connectivity index (χ4n) is 5.89. The number of carbonyl (C=O) groups is 2. The Kier molecular flexibility index (Phi) is 5.44. The number of aromatic nitrogens is 1. The number of carbonyl (C=O) groups excluding carboxylic acids is 2. The lowest BCUT2D eigenvalue weighted by Gasteiger charge is -2.42. The summed E-state index contributed by atoms with van der Waals surface area (Å²) in [7, 11) is 0. The van der Waals surface area contributed by atoms with Crippen LogP contribution in [0.4, 0.5) is 4.39 Å². The number of halogens is 2. The van der Waals surface area contributed by atoms with Crippen LogP contribution in [0.2, 0.25) is 5.02 Å². The Morgan fingerprint density at radius 3 is 2.76 bits per heavy atom. The molecule has 3 aliphatic rings. The molecule has 0 aliphatic carbocycles. The zero-order valence-corrected chi connectivity index (χ0v) is 19.9. The summed E-state index contributed by atoms with van der Waals surface area (Å²) < 4.78 is 15.9. The van der Waals surface area contributed by atoms with Crippen LogP contribution in [0.3, 0.4) is 0 Å². The predicted octanol–water partition coefficient (Wildman–Crippen LogP) is 2.66. The second kappa shape index (κ2) is 8.09. The Morgan fingerprint density at radius 1 is 1.32 bits per heavy atom. The van der Waals surface area contributed by atoms with Gasteiger partial charge in [-0.25, -0.2) is 4.39 Å². The van der Waals surface area contributed by atoms with Crippen LogP contribution in [0.1, 0.15) is 65.3 Å². The van der Waals surface area contributed by atoms with E-state index < -0.39 is 28.8 Å². The van der Waals surface area contributed by atoms with Gasteiger partial charge in [0.05, 0.1) is 11.1 Å². The van der Waals surface area contributed by atoms with Gasteiger partial charge in [-0.3, -0.25) is 19.3 Å². The van der Waals surface area contributed by atoms with Gasteiger partial charge in [-0.1, -0.05) is 23.7 Å². The maximum absolute atomic E-state index is 14.2. The van der Waals surface area contributed by atoms with Gasteiger partial charge in [-0.15, -0.1) is 0 Å². The highest BCUT2D eigenvalue weighted by atomic mass is 35.5. The number of hydrogen-bond acceptors (Lipinski definition) is 5. The van der Waals surface area contributed by atoms with Crippen LogP contribution >= 0.6 is 11.6 Å². The zero-order valence-electron chi connectivity index (χ0n) is 19.1. The molecule has 2 N–H and O–H groups in total. The smallest absolute Gasteiger partial charge is 0.275 e. The number of benzene rings is 1. The molecule has 2 aromatic rings. The Balaban J connectivity index is 1.56. The number of hydrogen-bond donors (Lipinski definition) is 2. The topological polar surface area (TPSA) is 94.9 Å². The van der Waals surface area contributed by atoms with Crippen molar-refractivity contribution in [2.75, 3.05) is 6.54 Å². The van der Waals surface area contributed by atoms with Crippen LogP contribution in [-0.4, -0.2) is 56.1 Å². The van der Waals surface area contributed by atoms with Crippen LogP contribution in [-0.2, 0) is 13.0 Å². The van der Waals surface area contributed by atoms with Crippen LogP contribution in [0.5, 0.6) is 5.75 Å². The van der Waals surface area contributed by atoms with E-state index in [4.69, 9.17) is 11.6 Å². The minimum atomic E-state index is -0.884. The number of nitrogens with zero attached hydrogens (tertiary/aromatic N) is 3. The van der Waals surface area contributed by atoms with Gasteiger partial charge in [0.2, 0.25) is 5.43 Å². The van der Waals surface area contributed by atoms with E-state index in [2.05, 4.69) is 31.0 Å². The summed E-state index contributed by atoms with van der Waals surface area (Å²) in [6.07, 6.45) is 0.831. The molecule has 3 atom stereocenters. The second-order valence-electron chi connectivity index (χ2n) is 9.48. The van der Waals surface area contributed by atoms with Crippen molar-refractivity contribution in [3.05, 3.63) is 61.8 Å². The summed E-state index contributed by atoms with van der Waals surface area (Å²) in [4.78, 5) is 43.6. The van der Waals surface area contributed by atoms with Crippen LogP contribution in [0.25, 0.3) is 0 Å². The van der Waals surface area contributed by atoms with Crippen molar-refractivity contribution in [2.24, 2.45) is 0 Å². The number of rotatable bonds is 4. The van der Waals surface area contributed by atoms with Gasteiger partial charge in [-0.2, -0.15) is 0 Å². The van der Waals surface area contributed by atoms with E-state index in [9.17, 15) is 23.9 Å². The van der Waals surface area contributed by atoms with Crippen molar-refractivity contribution in [3.63, 3.8) is 0 Å². The summed E-state index contributed by atoms with van der Waals surface area (Å²) in [5.41, 5.74) is -0.520. The first kappa shape index (κ1) is 22.9. The lowest BCUT2D eigenvalue weighted by atomic mass is 10.1. The van der Waals surface area contributed by atoms with E-state index in [0.717, 1.165) is 0 Å². The molecule has 8 nitrogen and oxygen atoms in total. The standard InChI is InChI=1S/C24H26ClFN4O4/c1-11(2)29-12(3)10-28-23(29)16-8-7-15-17(20(31)21(32)19(24(28)34)30(15)16)22(33)27-9-13-5-4-6-14(25)18(13)26/h4-6,11-12,16,23,32H,7-10H2,1-3H3,(H,27,33)/t12-,16?,23?/m0/s1. The highest BCUT2D eigenvalue weighted by Crippen LogP contribution is 2.44. The van der Waals surface area contributed by atoms with Crippen LogP contribution in [0.15, 0.2) is 23.0 Å². The molecule has 1 aromatic heterocycles. The van der Waals surface area contributed by atoms with Crippen molar-refractivity contribution in [2.45, 2.75) is 64.4 Å². The molecular formula is C24H26ClFN4O4. The Hall–Kier alpha value is -2.91. The number of fused-ring (bicyclic) bond motifs is 2. The highest BCUT2D eigenvalue weighted by Gasteiger charge is 2.53. The average molecular weight is 489 g/mol. The molecule has 0 bridgehead atoms.